The van der Waals surface area contributed by atoms with E-state index in [2.05, 4.69) is 47.7 Å². The van der Waals surface area contributed by atoms with Crippen LogP contribution in [0.2, 0.25) is 18.1 Å². The minimum atomic E-state index is -1.96. The molecule has 0 aromatic carbocycles. The summed E-state index contributed by atoms with van der Waals surface area (Å²) in [5, 5.41) is 9.83. The smallest absolute Gasteiger partial charge is 0.192 e. The van der Waals surface area contributed by atoms with Gasteiger partial charge in [-0.2, -0.15) is 0 Å². The number of aliphatic hydroxyl groups is 1. The standard InChI is InChI=1S/C22H44O5Si/c1-11-16-13-24-21(6,7)25-18(16)12-17(27-28(9,10)20(3,4)5)15(2)19-22(8,14-23)26-19/h15-19,23H,11-14H2,1-10H3/t15-,16+,17+,18+,19-,22-/m0/s1. The van der Waals surface area contributed by atoms with Crippen LogP contribution in [0.5, 0.6) is 0 Å². The first-order chi connectivity index (χ1) is 12.7. The van der Waals surface area contributed by atoms with Crippen LogP contribution in [0.25, 0.3) is 0 Å². The Morgan fingerprint density at radius 3 is 2.25 bits per heavy atom. The highest BCUT2D eigenvalue weighted by atomic mass is 28.4. The molecule has 2 aliphatic heterocycles. The lowest BCUT2D eigenvalue weighted by Gasteiger charge is -2.45. The van der Waals surface area contributed by atoms with Gasteiger partial charge in [-0.25, -0.2) is 0 Å². The van der Waals surface area contributed by atoms with E-state index in [0.717, 1.165) is 19.4 Å². The first kappa shape index (κ1) is 24.3. The molecular formula is C22H44O5Si. The second-order valence-corrected chi connectivity index (χ2v) is 15.8. The largest absolute Gasteiger partial charge is 0.413 e. The molecule has 1 N–H and O–H groups in total. The molecule has 0 aromatic heterocycles. The molecule has 2 heterocycles. The molecule has 0 amide bonds. The summed E-state index contributed by atoms with van der Waals surface area (Å²) >= 11 is 0. The molecule has 0 saturated carbocycles. The summed E-state index contributed by atoms with van der Waals surface area (Å²) in [6.45, 7) is 22.6. The molecule has 6 heteroatoms. The van der Waals surface area contributed by atoms with Crippen molar-refractivity contribution in [2.24, 2.45) is 11.8 Å². The minimum Gasteiger partial charge on any atom is -0.413 e. The number of hydrogen-bond donors (Lipinski definition) is 1. The minimum absolute atomic E-state index is 0.0280. The predicted octanol–water partition coefficient (Wildman–Crippen LogP) is 4.73. The van der Waals surface area contributed by atoms with Gasteiger partial charge in [-0.05, 0) is 51.7 Å². The monoisotopic (exact) mass is 416 g/mol. The molecule has 6 atom stereocenters. The van der Waals surface area contributed by atoms with Gasteiger partial charge in [-0.3, -0.25) is 0 Å². The zero-order chi connectivity index (χ0) is 21.5. The second-order valence-electron chi connectivity index (χ2n) is 11.1. The van der Waals surface area contributed by atoms with E-state index in [1.807, 2.05) is 20.8 Å². The summed E-state index contributed by atoms with van der Waals surface area (Å²) in [6.07, 6.45) is 2.02. The number of aliphatic hydroxyl groups excluding tert-OH is 1. The van der Waals surface area contributed by atoms with E-state index >= 15 is 0 Å². The van der Waals surface area contributed by atoms with Gasteiger partial charge in [0, 0.05) is 11.8 Å². The van der Waals surface area contributed by atoms with Gasteiger partial charge >= 0.3 is 0 Å². The Balaban J connectivity index is 2.22. The van der Waals surface area contributed by atoms with Crippen molar-refractivity contribution in [2.75, 3.05) is 13.2 Å². The summed E-state index contributed by atoms with van der Waals surface area (Å²) in [5.41, 5.74) is -0.436. The van der Waals surface area contributed by atoms with Gasteiger partial charge in [-0.15, -0.1) is 0 Å². The third-order valence-corrected chi connectivity index (χ3v) is 11.7. The van der Waals surface area contributed by atoms with Gasteiger partial charge in [0.25, 0.3) is 0 Å². The van der Waals surface area contributed by atoms with E-state index in [1.54, 1.807) is 0 Å². The predicted molar refractivity (Wildman–Crippen MR) is 115 cm³/mol. The molecule has 2 fully saturated rings. The molecule has 0 bridgehead atoms. The van der Waals surface area contributed by atoms with Crippen LogP contribution >= 0.6 is 0 Å². The first-order valence-electron chi connectivity index (χ1n) is 10.9. The van der Waals surface area contributed by atoms with Crippen molar-refractivity contribution in [3.63, 3.8) is 0 Å². The molecular weight excluding hydrogens is 372 g/mol. The fourth-order valence-electron chi connectivity index (χ4n) is 3.93. The maximum Gasteiger partial charge on any atom is 0.192 e. The van der Waals surface area contributed by atoms with Crippen LogP contribution in [0.4, 0.5) is 0 Å². The molecule has 2 rings (SSSR count). The van der Waals surface area contributed by atoms with Crippen molar-refractivity contribution in [1.82, 2.24) is 0 Å². The molecule has 0 unspecified atom stereocenters. The van der Waals surface area contributed by atoms with E-state index in [4.69, 9.17) is 18.6 Å². The number of ether oxygens (including phenoxy) is 3. The lowest BCUT2D eigenvalue weighted by atomic mass is 9.86. The third-order valence-electron chi connectivity index (χ3n) is 7.17. The lowest BCUT2D eigenvalue weighted by Crippen LogP contribution is -2.51. The normalized spacial score (nSPS) is 35.5. The van der Waals surface area contributed by atoms with Gasteiger partial charge in [0.2, 0.25) is 0 Å². The SMILES string of the molecule is CC[C@@H]1COC(C)(C)O[C@@H]1C[C@@H](O[Si](C)(C)C(C)(C)C)[C@H](C)[C@@H]1O[C@@]1(C)CO. The van der Waals surface area contributed by atoms with E-state index in [-0.39, 0.29) is 35.9 Å². The molecule has 2 saturated heterocycles. The van der Waals surface area contributed by atoms with E-state index in [9.17, 15) is 5.11 Å². The summed E-state index contributed by atoms with van der Waals surface area (Å²) in [7, 11) is -1.96. The molecule has 0 aliphatic carbocycles. The Bertz CT molecular complexity index is 530. The molecule has 0 spiro atoms. The van der Waals surface area contributed by atoms with E-state index < -0.39 is 19.7 Å². The van der Waals surface area contributed by atoms with E-state index in [1.165, 1.54) is 0 Å². The maximum absolute atomic E-state index is 9.70. The van der Waals surface area contributed by atoms with Crippen molar-refractivity contribution >= 4 is 8.32 Å². The van der Waals surface area contributed by atoms with Crippen LogP contribution in [0.3, 0.4) is 0 Å². The van der Waals surface area contributed by atoms with Crippen LogP contribution in [0.1, 0.15) is 68.2 Å². The third kappa shape index (κ3) is 5.38. The molecule has 2 aliphatic rings. The summed E-state index contributed by atoms with van der Waals surface area (Å²) in [6, 6.07) is 0. The number of rotatable bonds is 8. The first-order valence-corrected chi connectivity index (χ1v) is 13.8. The lowest BCUT2D eigenvalue weighted by molar-refractivity contribution is -0.297. The molecule has 166 valence electrons. The summed E-state index contributed by atoms with van der Waals surface area (Å²) < 4.78 is 25.1. The van der Waals surface area contributed by atoms with Crippen LogP contribution < -0.4 is 0 Å². The highest BCUT2D eigenvalue weighted by molar-refractivity contribution is 6.74. The average molecular weight is 417 g/mol. The van der Waals surface area contributed by atoms with Crippen LogP contribution in [-0.4, -0.2) is 56.3 Å². The highest BCUT2D eigenvalue weighted by Gasteiger charge is 2.57. The zero-order valence-electron chi connectivity index (χ0n) is 19.8. The molecule has 0 aromatic rings. The molecule has 28 heavy (non-hydrogen) atoms. The Morgan fingerprint density at radius 2 is 1.79 bits per heavy atom. The average Bonchev–Trinajstić information content (AvgIpc) is 3.24. The van der Waals surface area contributed by atoms with Crippen molar-refractivity contribution in [1.29, 1.82) is 0 Å². The van der Waals surface area contributed by atoms with Crippen LogP contribution in [0.15, 0.2) is 0 Å². The van der Waals surface area contributed by atoms with Crippen molar-refractivity contribution in [2.45, 2.75) is 116 Å². The zero-order valence-corrected chi connectivity index (χ0v) is 20.8. The Labute approximate surface area is 173 Å². The fourth-order valence-corrected chi connectivity index (χ4v) is 5.35. The van der Waals surface area contributed by atoms with Gasteiger partial charge < -0.3 is 23.7 Å². The number of hydrogen-bond acceptors (Lipinski definition) is 5. The van der Waals surface area contributed by atoms with Gasteiger partial charge in [-0.1, -0.05) is 34.6 Å². The van der Waals surface area contributed by atoms with Gasteiger partial charge in [0.05, 0.1) is 31.5 Å². The van der Waals surface area contributed by atoms with E-state index in [0.29, 0.717) is 5.92 Å². The topological polar surface area (TPSA) is 60.5 Å². The maximum atomic E-state index is 9.70. The van der Waals surface area contributed by atoms with Gasteiger partial charge in [0.1, 0.15) is 5.60 Å². The fraction of sp³-hybridized carbons (Fsp3) is 1.00. The second kappa shape index (κ2) is 8.27. The quantitative estimate of drug-likeness (QED) is 0.458. The number of epoxide rings is 1. The molecule has 5 nitrogen and oxygen atoms in total. The van der Waals surface area contributed by atoms with Crippen molar-refractivity contribution in [3.8, 4) is 0 Å². The van der Waals surface area contributed by atoms with Crippen molar-refractivity contribution < 1.29 is 23.7 Å². The van der Waals surface area contributed by atoms with Crippen LogP contribution in [-0.2, 0) is 18.6 Å². The summed E-state index contributed by atoms with van der Waals surface area (Å²) in [5.74, 6) is 0.00462. The highest BCUT2D eigenvalue weighted by Crippen LogP contribution is 2.46. The summed E-state index contributed by atoms with van der Waals surface area (Å²) in [4.78, 5) is 0. The van der Waals surface area contributed by atoms with Gasteiger partial charge in [0.15, 0.2) is 14.1 Å². The molecule has 0 radical (unpaired) electrons. The Morgan fingerprint density at radius 1 is 1.18 bits per heavy atom. The Kier molecular flexibility index (Phi) is 7.18. The Hall–Kier alpha value is 0.0169. The van der Waals surface area contributed by atoms with Crippen LogP contribution in [0, 0.1) is 11.8 Å². The van der Waals surface area contributed by atoms with Crippen molar-refractivity contribution in [3.05, 3.63) is 0 Å².